The quantitative estimate of drug-likeness (QED) is 0.162. The maximum Gasteiger partial charge on any atom is 0.422 e. The lowest BCUT2D eigenvalue weighted by molar-refractivity contribution is -0.240. The molecule has 0 fully saturated rings. The molecule has 4 unspecified atom stereocenters. The third-order valence-corrected chi connectivity index (χ3v) is 6.00. The molecule has 17 heteroatoms. The van der Waals surface area contributed by atoms with E-state index in [9.17, 15) is 66.7 Å². The lowest BCUT2D eigenvalue weighted by atomic mass is 9.86. The van der Waals surface area contributed by atoms with Gasteiger partial charge in [-0.25, -0.2) is 4.39 Å². The summed E-state index contributed by atoms with van der Waals surface area (Å²) >= 11 is 0. The monoisotopic (exact) mass is 660 g/mol. The second-order valence-electron chi connectivity index (χ2n) is 10.6. The van der Waals surface area contributed by atoms with Crippen molar-refractivity contribution < 1.29 is 76.1 Å². The third kappa shape index (κ3) is 16.3. The van der Waals surface area contributed by atoms with E-state index < -0.39 is 84.6 Å². The number of alkyl halides is 13. The van der Waals surface area contributed by atoms with Crippen molar-refractivity contribution in [3.8, 4) is 11.8 Å². The molecule has 0 saturated carbocycles. The summed E-state index contributed by atoms with van der Waals surface area (Å²) in [7, 11) is 0. The molecule has 0 aliphatic heterocycles. The molecule has 0 aromatic rings. The molecule has 4 nitrogen and oxygen atoms in total. The molecule has 43 heavy (non-hydrogen) atoms. The van der Waals surface area contributed by atoms with Crippen LogP contribution in [-0.4, -0.2) is 55.5 Å². The molecule has 0 aliphatic carbocycles. The minimum Gasteiger partial charge on any atom is -0.459 e. The van der Waals surface area contributed by atoms with Crippen molar-refractivity contribution >= 4 is 11.9 Å². The van der Waals surface area contributed by atoms with Crippen molar-refractivity contribution in [2.45, 2.75) is 105 Å². The van der Waals surface area contributed by atoms with E-state index in [-0.39, 0.29) is 6.42 Å². The predicted octanol–water partition coefficient (Wildman–Crippen LogP) is 9.17. The third-order valence-electron chi connectivity index (χ3n) is 6.00. The smallest absolute Gasteiger partial charge is 0.422 e. The van der Waals surface area contributed by atoms with Crippen LogP contribution in [0.2, 0.25) is 0 Å². The molecule has 0 aromatic heterocycles. The summed E-state index contributed by atoms with van der Waals surface area (Å²) in [5, 5.41) is 0. The summed E-state index contributed by atoms with van der Waals surface area (Å²) in [6, 6.07) is 0. The highest BCUT2D eigenvalue weighted by molar-refractivity contribution is 5.78. The molecule has 0 heterocycles. The van der Waals surface area contributed by atoms with Gasteiger partial charge in [0.05, 0.1) is 5.92 Å². The van der Waals surface area contributed by atoms with Crippen LogP contribution in [0.1, 0.15) is 75.2 Å². The van der Waals surface area contributed by atoms with E-state index in [1.54, 1.807) is 0 Å². The Morgan fingerprint density at radius 3 is 1.33 bits per heavy atom. The van der Waals surface area contributed by atoms with Gasteiger partial charge in [-0.3, -0.25) is 9.59 Å². The standard InChI is InChI=1S/C10H17F3O2.C8H10F6O2.C8H10F4/c1-6-9(5,10(11,12)13)7(14)15-8(2,3)4;1-3-6(2,8(12,13)14)5(15)16-4-7(9,10)11;1-6(4-3-5-9)7(2)8(10,11)12/h6H2,1-5H3;3-4H2,1-2H3;6-7H,5H2,1-2H3. The second-order valence-corrected chi connectivity index (χ2v) is 10.6. The highest BCUT2D eigenvalue weighted by Crippen LogP contribution is 2.43. The van der Waals surface area contributed by atoms with E-state index >= 15 is 0 Å². The largest absolute Gasteiger partial charge is 0.459 e. The van der Waals surface area contributed by atoms with Gasteiger partial charge in [0.2, 0.25) is 0 Å². The van der Waals surface area contributed by atoms with Crippen LogP contribution in [0.3, 0.4) is 0 Å². The molecule has 0 amide bonds. The first kappa shape index (κ1) is 45.0. The van der Waals surface area contributed by atoms with Gasteiger partial charge < -0.3 is 9.47 Å². The number of esters is 2. The van der Waals surface area contributed by atoms with Gasteiger partial charge in [-0.05, 0) is 47.5 Å². The minimum absolute atomic E-state index is 0.328. The average molecular weight is 661 g/mol. The number of halogens is 13. The molecule has 0 aliphatic rings. The first-order valence-electron chi connectivity index (χ1n) is 12.5. The Bertz CT molecular complexity index is 920. The zero-order chi connectivity index (χ0) is 35.5. The van der Waals surface area contributed by atoms with Crippen LogP contribution in [0.5, 0.6) is 0 Å². The van der Waals surface area contributed by atoms with Gasteiger partial charge in [0.25, 0.3) is 0 Å². The summed E-state index contributed by atoms with van der Waals surface area (Å²) in [4.78, 5) is 22.4. The van der Waals surface area contributed by atoms with E-state index in [2.05, 4.69) is 10.7 Å². The van der Waals surface area contributed by atoms with Gasteiger partial charge >= 0.3 is 36.6 Å². The van der Waals surface area contributed by atoms with E-state index in [0.717, 1.165) is 20.8 Å². The van der Waals surface area contributed by atoms with Gasteiger partial charge in [-0.15, -0.1) is 0 Å². The predicted molar refractivity (Wildman–Crippen MR) is 130 cm³/mol. The van der Waals surface area contributed by atoms with Crippen molar-refractivity contribution in [3.05, 3.63) is 0 Å². The number of hydrogen-bond donors (Lipinski definition) is 0. The first-order valence-corrected chi connectivity index (χ1v) is 12.5. The minimum atomic E-state index is -4.94. The van der Waals surface area contributed by atoms with Crippen LogP contribution < -0.4 is 0 Å². The van der Waals surface area contributed by atoms with Crippen LogP contribution in [0.4, 0.5) is 57.1 Å². The zero-order valence-electron chi connectivity index (χ0n) is 25.0. The lowest BCUT2D eigenvalue weighted by Gasteiger charge is -2.32. The van der Waals surface area contributed by atoms with Crippen LogP contribution in [0, 0.1) is 34.5 Å². The highest BCUT2D eigenvalue weighted by Gasteiger charge is 2.58. The summed E-state index contributed by atoms with van der Waals surface area (Å²) < 4.78 is 166. The molecule has 0 radical (unpaired) electrons. The van der Waals surface area contributed by atoms with Crippen molar-refractivity contribution in [2.75, 3.05) is 13.3 Å². The van der Waals surface area contributed by atoms with Crippen molar-refractivity contribution in [2.24, 2.45) is 22.7 Å². The Morgan fingerprint density at radius 1 is 0.698 bits per heavy atom. The lowest BCUT2D eigenvalue weighted by Crippen LogP contribution is -2.45. The Morgan fingerprint density at radius 2 is 1.07 bits per heavy atom. The number of carbonyl (C=O) groups excluding carboxylic acids is 2. The van der Waals surface area contributed by atoms with Gasteiger partial charge in [-0.2, -0.15) is 52.7 Å². The fourth-order valence-electron chi connectivity index (χ4n) is 2.23. The highest BCUT2D eigenvalue weighted by atomic mass is 19.4. The topological polar surface area (TPSA) is 52.6 Å². The molecule has 0 saturated heterocycles. The summed E-state index contributed by atoms with van der Waals surface area (Å²) in [6.45, 7) is 7.81. The normalized spacial score (nSPS) is 16.7. The molecule has 0 N–H and O–H groups in total. The molecule has 4 atom stereocenters. The van der Waals surface area contributed by atoms with Crippen molar-refractivity contribution in [3.63, 3.8) is 0 Å². The maximum absolute atomic E-state index is 12.6. The fraction of sp³-hybridized carbons (Fsp3) is 0.846. The fourth-order valence-corrected chi connectivity index (χ4v) is 2.23. The second kappa shape index (κ2) is 16.6. The average Bonchev–Trinajstić information content (AvgIpc) is 2.81. The van der Waals surface area contributed by atoms with Crippen LogP contribution in [0.25, 0.3) is 0 Å². The van der Waals surface area contributed by atoms with E-state index in [0.29, 0.717) is 6.92 Å². The van der Waals surface area contributed by atoms with Gasteiger partial charge in [-0.1, -0.05) is 39.5 Å². The summed E-state index contributed by atoms with van der Waals surface area (Å²) in [5.41, 5.74) is -6.22. The molecule has 0 aromatic carbocycles. The van der Waals surface area contributed by atoms with Crippen LogP contribution in [0.15, 0.2) is 0 Å². The van der Waals surface area contributed by atoms with Gasteiger partial charge in [0.15, 0.2) is 17.4 Å². The van der Waals surface area contributed by atoms with E-state index in [1.165, 1.54) is 34.6 Å². The van der Waals surface area contributed by atoms with E-state index in [1.807, 2.05) is 5.92 Å². The zero-order valence-corrected chi connectivity index (χ0v) is 25.0. The summed E-state index contributed by atoms with van der Waals surface area (Å²) in [6.07, 6.45) is -19.6. The number of ether oxygens (including phenoxy) is 2. The molecule has 256 valence electrons. The number of rotatable bonds is 6. The SMILES string of the molecule is CC(C#CCF)C(C)C(F)(F)F.CCC(C)(C(=O)OC(C)(C)C)C(F)(F)F.CCC(C)(C(=O)OCC(F)(F)F)C(F)(F)F. The number of hydrogen-bond acceptors (Lipinski definition) is 4. The molecular formula is C26H37F13O4. The van der Waals surface area contributed by atoms with Crippen LogP contribution >= 0.6 is 0 Å². The van der Waals surface area contributed by atoms with Crippen molar-refractivity contribution in [1.29, 1.82) is 0 Å². The summed E-state index contributed by atoms with van der Waals surface area (Å²) in [5.74, 6) is -1.31. The molecular weight excluding hydrogens is 623 g/mol. The van der Waals surface area contributed by atoms with Gasteiger partial charge in [0.1, 0.15) is 12.3 Å². The van der Waals surface area contributed by atoms with E-state index in [4.69, 9.17) is 4.74 Å². The Hall–Kier alpha value is -2.41. The molecule has 0 bridgehead atoms. The maximum atomic E-state index is 12.6. The van der Waals surface area contributed by atoms with Crippen molar-refractivity contribution in [1.82, 2.24) is 0 Å². The first-order chi connectivity index (χ1) is 18.8. The van der Waals surface area contributed by atoms with Crippen LogP contribution in [-0.2, 0) is 19.1 Å². The Balaban J connectivity index is -0.000000564. The molecule has 0 spiro atoms. The van der Waals surface area contributed by atoms with Gasteiger partial charge in [0, 0.05) is 5.92 Å². The Labute approximate surface area is 242 Å². The number of carbonyl (C=O) groups is 2. The Kier molecular flexibility index (Phi) is 17.4. The molecule has 0 rings (SSSR count).